The predicted octanol–water partition coefficient (Wildman–Crippen LogP) is 2.45. The van der Waals surface area contributed by atoms with Gasteiger partial charge >= 0.3 is 0 Å². The number of hydrogen-bond donors (Lipinski definition) is 2. The molecule has 0 bridgehead atoms. The van der Waals surface area contributed by atoms with Gasteiger partial charge in [0.25, 0.3) is 5.69 Å². The fourth-order valence-corrected chi connectivity index (χ4v) is 2.21. The molecule has 5 nitrogen and oxygen atoms in total. The van der Waals surface area contributed by atoms with Gasteiger partial charge in [-0.3, -0.25) is 15.4 Å². The average molecular weight is 260 g/mol. The van der Waals surface area contributed by atoms with E-state index < -0.39 is 11.2 Å². The van der Waals surface area contributed by atoms with Crippen molar-refractivity contribution in [2.45, 2.75) is 26.1 Å². The van der Waals surface area contributed by atoms with Crippen LogP contribution in [0, 0.1) is 10.1 Å². The van der Waals surface area contributed by atoms with Gasteiger partial charge in [0.15, 0.2) is 0 Å². The molecule has 100 valence electrons. The number of nitro benzene ring substituents is 1. The topological polar surface area (TPSA) is 75.4 Å². The number of nitrogens with one attached hydrogen (secondary N) is 1. The van der Waals surface area contributed by atoms with Gasteiger partial charge in [0.2, 0.25) is 0 Å². The maximum Gasteiger partial charge on any atom is 0.276 e. The number of allylic oxidation sites excluding steroid dienone is 2. The first-order chi connectivity index (χ1) is 9.00. The van der Waals surface area contributed by atoms with E-state index in [0.29, 0.717) is 0 Å². The summed E-state index contributed by atoms with van der Waals surface area (Å²) in [6.07, 6.45) is 2.87. The Hall–Kier alpha value is -1.98. The highest BCUT2D eigenvalue weighted by molar-refractivity contribution is 5.42. The number of benzene rings is 1. The van der Waals surface area contributed by atoms with Crippen LogP contribution in [0.2, 0.25) is 0 Å². The monoisotopic (exact) mass is 260 g/mol. The molecule has 0 saturated carbocycles. The minimum Gasteiger partial charge on any atom is -0.374 e. The fraction of sp³-hybridized carbons (Fsp3) is 0.286. The van der Waals surface area contributed by atoms with Crippen LogP contribution in [0.3, 0.4) is 0 Å². The minimum absolute atomic E-state index is 0.0742. The van der Waals surface area contributed by atoms with Crippen LogP contribution in [0.4, 0.5) is 5.69 Å². The SMILES string of the molecule is CC1=CC=C(C)C1NC(O)c1ccccc1[N+](=O)[O-]. The van der Waals surface area contributed by atoms with Gasteiger partial charge in [-0.05, 0) is 19.9 Å². The van der Waals surface area contributed by atoms with Crippen molar-refractivity contribution in [1.82, 2.24) is 5.32 Å². The van der Waals surface area contributed by atoms with Crippen LogP contribution in [0.1, 0.15) is 25.6 Å². The summed E-state index contributed by atoms with van der Waals surface area (Å²) in [5.41, 5.74) is 2.36. The maximum absolute atomic E-state index is 10.9. The molecule has 1 atom stereocenters. The van der Waals surface area contributed by atoms with Crippen molar-refractivity contribution in [3.05, 3.63) is 63.2 Å². The zero-order valence-electron chi connectivity index (χ0n) is 10.8. The lowest BCUT2D eigenvalue weighted by molar-refractivity contribution is -0.386. The van der Waals surface area contributed by atoms with Crippen LogP contribution < -0.4 is 5.32 Å². The second kappa shape index (κ2) is 5.34. The summed E-state index contributed by atoms with van der Waals surface area (Å²) >= 11 is 0. The van der Waals surface area contributed by atoms with Crippen LogP contribution in [-0.2, 0) is 0 Å². The fourth-order valence-electron chi connectivity index (χ4n) is 2.21. The molecule has 5 heteroatoms. The van der Waals surface area contributed by atoms with Gasteiger partial charge < -0.3 is 5.11 Å². The zero-order valence-corrected chi connectivity index (χ0v) is 10.8. The molecular formula is C14H16N2O3. The van der Waals surface area contributed by atoms with Crippen LogP contribution >= 0.6 is 0 Å². The highest BCUT2D eigenvalue weighted by Crippen LogP contribution is 2.26. The minimum atomic E-state index is -1.07. The molecular weight excluding hydrogens is 244 g/mol. The number of aliphatic hydroxyl groups excluding tert-OH is 1. The quantitative estimate of drug-likeness (QED) is 0.495. The maximum atomic E-state index is 10.9. The summed E-state index contributed by atoms with van der Waals surface area (Å²) in [5, 5.41) is 24.1. The van der Waals surface area contributed by atoms with Crippen molar-refractivity contribution in [3.63, 3.8) is 0 Å². The van der Waals surface area contributed by atoms with Crippen molar-refractivity contribution in [2.75, 3.05) is 0 Å². The molecule has 0 aromatic heterocycles. The molecule has 0 spiro atoms. The normalized spacial score (nSPS) is 17.0. The van der Waals surface area contributed by atoms with E-state index in [1.165, 1.54) is 6.07 Å². The molecule has 1 aliphatic rings. The molecule has 1 aromatic rings. The zero-order chi connectivity index (χ0) is 14.0. The lowest BCUT2D eigenvalue weighted by Crippen LogP contribution is -2.33. The summed E-state index contributed by atoms with van der Waals surface area (Å²) in [6.45, 7) is 3.91. The van der Waals surface area contributed by atoms with Crippen molar-refractivity contribution in [1.29, 1.82) is 0 Å². The van der Waals surface area contributed by atoms with Gasteiger partial charge in [-0.25, -0.2) is 0 Å². The average Bonchev–Trinajstić information content (AvgIpc) is 2.70. The number of nitro groups is 1. The Bertz CT molecular complexity index is 546. The Labute approximate surface area is 111 Å². The van der Waals surface area contributed by atoms with E-state index in [9.17, 15) is 15.2 Å². The highest BCUT2D eigenvalue weighted by atomic mass is 16.6. The van der Waals surface area contributed by atoms with Crippen LogP contribution in [0.25, 0.3) is 0 Å². The Kier molecular flexibility index (Phi) is 3.78. The van der Waals surface area contributed by atoms with Crippen molar-refractivity contribution >= 4 is 5.69 Å². The molecule has 0 aliphatic heterocycles. The molecule has 1 aliphatic carbocycles. The number of aliphatic hydroxyl groups is 1. The van der Waals surface area contributed by atoms with Gasteiger partial charge in [0.05, 0.1) is 16.5 Å². The molecule has 2 rings (SSSR count). The van der Waals surface area contributed by atoms with Crippen LogP contribution in [0.5, 0.6) is 0 Å². The van der Waals surface area contributed by atoms with E-state index in [2.05, 4.69) is 5.32 Å². The Morgan fingerprint density at radius 2 is 1.84 bits per heavy atom. The number of hydrogen-bond acceptors (Lipinski definition) is 4. The third kappa shape index (κ3) is 2.72. The third-order valence-electron chi connectivity index (χ3n) is 3.27. The molecule has 2 N–H and O–H groups in total. The smallest absolute Gasteiger partial charge is 0.276 e. The lowest BCUT2D eigenvalue weighted by Gasteiger charge is -2.21. The Morgan fingerprint density at radius 3 is 2.42 bits per heavy atom. The van der Waals surface area contributed by atoms with Crippen molar-refractivity contribution < 1.29 is 10.0 Å². The molecule has 1 unspecified atom stereocenters. The van der Waals surface area contributed by atoms with Gasteiger partial charge in [-0.15, -0.1) is 0 Å². The van der Waals surface area contributed by atoms with Gasteiger partial charge in [0, 0.05) is 6.07 Å². The van der Waals surface area contributed by atoms with Crippen molar-refractivity contribution in [3.8, 4) is 0 Å². The number of nitrogens with zero attached hydrogens (tertiary/aromatic N) is 1. The largest absolute Gasteiger partial charge is 0.374 e. The molecule has 0 radical (unpaired) electrons. The second-order valence-corrected chi connectivity index (χ2v) is 4.64. The summed E-state index contributed by atoms with van der Waals surface area (Å²) in [7, 11) is 0. The molecule has 0 saturated heterocycles. The first-order valence-corrected chi connectivity index (χ1v) is 6.03. The van der Waals surface area contributed by atoms with Gasteiger partial charge in [0.1, 0.15) is 6.23 Å². The third-order valence-corrected chi connectivity index (χ3v) is 3.27. The highest BCUT2D eigenvalue weighted by Gasteiger charge is 2.24. The first-order valence-electron chi connectivity index (χ1n) is 6.03. The van der Waals surface area contributed by atoms with Crippen LogP contribution in [0.15, 0.2) is 47.6 Å². The predicted molar refractivity (Wildman–Crippen MR) is 72.5 cm³/mol. The van der Waals surface area contributed by atoms with Gasteiger partial charge in [-0.2, -0.15) is 0 Å². The van der Waals surface area contributed by atoms with Crippen LogP contribution in [-0.4, -0.2) is 16.1 Å². The van der Waals surface area contributed by atoms with E-state index in [-0.39, 0.29) is 17.3 Å². The molecule has 0 heterocycles. The van der Waals surface area contributed by atoms with E-state index in [1.807, 2.05) is 26.0 Å². The molecule has 0 fully saturated rings. The molecule has 0 amide bonds. The number of rotatable bonds is 4. The molecule has 19 heavy (non-hydrogen) atoms. The summed E-state index contributed by atoms with van der Waals surface area (Å²) in [5.74, 6) is 0. The summed E-state index contributed by atoms with van der Waals surface area (Å²) in [6, 6.07) is 6.13. The second-order valence-electron chi connectivity index (χ2n) is 4.64. The Morgan fingerprint density at radius 1 is 1.26 bits per heavy atom. The van der Waals surface area contributed by atoms with E-state index in [0.717, 1.165) is 11.1 Å². The summed E-state index contributed by atoms with van der Waals surface area (Å²) < 4.78 is 0. The first kappa shape index (κ1) is 13.5. The van der Waals surface area contributed by atoms with E-state index >= 15 is 0 Å². The number of para-hydroxylation sites is 1. The van der Waals surface area contributed by atoms with E-state index in [4.69, 9.17) is 0 Å². The van der Waals surface area contributed by atoms with E-state index in [1.54, 1.807) is 18.2 Å². The summed E-state index contributed by atoms with van der Waals surface area (Å²) in [4.78, 5) is 10.5. The standard InChI is InChI=1S/C14H16N2O3/c1-9-7-8-10(2)13(9)15-14(17)11-5-3-4-6-12(11)16(18)19/h3-8,13-15,17H,1-2H3. The van der Waals surface area contributed by atoms with Gasteiger partial charge in [-0.1, -0.05) is 35.4 Å². The lowest BCUT2D eigenvalue weighted by atomic mass is 10.1. The van der Waals surface area contributed by atoms with Crippen molar-refractivity contribution in [2.24, 2.45) is 0 Å². The Balaban J connectivity index is 2.21. The molecule has 1 aromatic carbocycles.